The molecule has 0 bridgehead atoms. The molecule has 1 heteroatoms. The minimum Gasteiger partial charge on any atom is -0.0962 e. The first-order valence-corrected chi connectivity index (χ1v) is 8.13. The minimum atomic E-state index is -0.312. The molecule has 0 saturated heterocycles. The SMILES string of the molecule is CCCCC=C[Si](C)C=CCCCC. The lowest BCUT2D eigenvalue weighted by Gasteiger charge is -1.95. The summed E-state index contributed by atoms with van der Waals surface area (Å²) in [6.07, 6.45) is 12.5. The quantitative estimate of drug-likeness (QED) is 0.402. The van der Waals surface area contributed by atoms with E-state index in [1.54, 1.807) is 0 Å². The van der Waals surface area contributed by atoms with Crippen molar-refractivity contribution in [3.8, 4) is 0 Å². The van der Waals surface area contributed by atoms with Crippen molar-refractivity contribution >= 4 is 8.80 Å². The van der Waals surface area contributed by atoms with Gasteiger partial charge in [0.05, 0.1) is 8.80 Å². The highest BCUT2D eigenvalue weighted by atomic mass is 28.3. The predicted molar refractivity (Wildman–Crippen MR) is 68.9 cm³/mol. The second-order valence-electron chi connectivity index (χ2n) is 3.83. The summed E-state index contributed by atoms with van der Waals surface area (Å²) >= 11 is 0. The Hall–Kier alpha value is -0.303. The number of hydrogen-bond acceptors (Lipinski definition) is 0. The second kappa shape index (κ2) is 10.8. The van der Waals surface area contributed by atoms with Gasteiger partial charge in [-0.1, -0.05) is 69.6 Å². The average Bonchev–Trinajstić information content (AvgIpc) is 2.19. The van der Waals surface area contributed by atoms with Crippen LogP contribution in [0.5, 0.6) is 0 Å². The molecule has 0 N–H and O–H groups in total. The van der Waals surface area contributed by atoms with Crippen LogP contribution in [0.15, 0.2) is 23.6 Å². The van der Waals surface area contributed by atoms with E-state index >= 15 is 0 Å². The van der Waals surface area contributed by atoms with Crippen LogP contribution in [-0.4, -0.2) is 8.80 Å². The number of unbranched alkanes of at least 4 members (excludes halogenated alkanes) is 4. The van der Waals surface area contributed by atoms with E-state index in [0.29, 0.717) is 0 Å². The Morgan fingerprint density at radius 3 is 1.64 bits per heavy atom. The Balaban J connectivity index is 3.47. The van der Waals surface area contributed by atoms with Crippen LogP contribution in [0.25, 0.3) is 0 Å². The van der Waals surface area contributed by atoms with Crippen molar-refractivity contribution in [3.63, 3.8) is 0 Å². The van der Waals surface area contributed by atoms with Crippen molar-refractivity contribution in [2.75, 3.05) is 0 Å². The maximum Gasteiger partial charge on any atom is 0.0991 e. The molecule has 0 rings (SSSR count). The summed E-state index contributed by atoms with van der Waals surface area (Å²) < 4.78 is 0. The molecule has 81 valence electrons. The maximum atomic E-state index is 2.42. The van der Waals surface area contributed by atoms with Gasteiger partial charge in [0.15, 0.2) is 0 Å². The van der Waals surface area contributed by atoms with Gasteiger partial charge in [-0.05, 0) is 12.8 Å². The van der Waals surface area contributed by atoms with Gasteiger partial charge < -0.3 is 0 Å². The lowest BCUT2D eigenvalue weighted by molar-refractivity contribution is 0.814. The Kier molecular flexibility index (Phi) is 10.5. The fourth-order valence-corrected chi connectivity index (χ4v) is 2.43. The van der Waals surface area contributed by atoms with Crippen LogP contribution in [0.3, 0.4) is 0 Å². The summed E-state index contributed by atoms with van der Waals surface area (Å²) in [5, 5.41) is 0. The van der Waals surface area contributed by atoms with Crippen LogP contribution in [0.1, 0.15) is 52.4 Å². The van der Waals surface area contributed by atoms with Gasteiger partial charge in [-0.15, -0.1) is 0 Å². The summed E-state index contributed by atoms with van der Waals surface area (Å²) in [4.78, 5) is 0. The van der Waals surface area contributed by atoms with Gasteiger partial charge in [0.25, 0.3) is 0 Å². The summed E-state index contributed by atoms with van der Waals surface area (Å²) in [5.74, 6) is 0. The Morgan fingerprint density at radius 1 is 0.857 bits per heavy atom. The molecule has 0 unspecified atom stereocenters. The fourth-order valence-electron chi connectivity index (χ4n) is 1.24. The molecule has 0 heterocycles. The van der Waals surface area contributed by atoms with Crippen LogP contribution in [0, 0.1) is 0 Å². The predicted octanol–water partition coefficient (Wildman–Crippen LogP) is 4.68. The smallest absolute Gasteiger partial charge is 0.0962 e. The normalized spacial score (nSPS) is 12.3. The molecule has 0 amide bonds. The van der Waals surface area contributed by atoms with Crippen LogP contribution in [0.4, 0.5) is 0 Å². The van der Waals surface area contributed by atoms with Crippen LogP contribution in [-0.2, 0) is 0 Å². The van der Waals surface area contributed by atoms with Crippen molar-refractivity contribution in [1.29, 1.82) is 0 Å². The summed E-state index contributed by atoms with van der Waals surface area (Å²) in [6, 6.07) is 0. The molecule has 1 radical (unpaired) electrons. The highest BCUT2D eigenvalue weighted by Crippen LogP contribution is 1.99. The third-order valence-corrected chi connectivity index (χ3v) is 3.73. The molecule has 0 aliphatic rings. The van der Waals surface area contributed by atoms with Crippen LogP contribution >= 0.6 is 0 Å². The fraction of sp³-hybridized carbons (Fsp3) is 0.692. The third kappa shape index (κ3) is 9.78. The average molecular weight is 209 g/mol. The topological polar surface area (TPSA) is 0 Å². The monoisotopic (exact) mass is 209 g/mol. The molecular weight excluding hydrogens is 184 g/mol. The molecule has 0 atom stereocenters. The van der Waals surface area contributed by atoms with Gasteiger partial charge in [0.2, 0.25) is 0 Å². The van der Waals surface area contributed by atoms with Crippen molar-refractivity contribution in [1.82, 2.24) is 0 Å². The van der Waals surface area contributed by atoms with Gasteiger partial charge in [-0.2, -0.15) is 0 Å². The van der Waals surface area contributed by atoms with E-state index in [0.717, 1.165) is 0 Å². The lowest BCUT2D eigenvalue weighted by Crippen LogP contribution is -1.97. The Labute approximate surface area is 91.7 Å². The van der Waals surface area contributed by atoms with E-state index in [1.165, 1.54) is 38.5 Å². The van der Waals surface area contributed by atoms with Crippen LogP contribution in [0.2, 0.25) is 6.55 Å². The van der Waals surface area contributed by atoms with E-state index in [9.17, 15) is 0 Å². The van der Waals surface area contributed by atoms with Crippen molar-refractivity contribution in [2.45, 2.75) is 58.9 Å². The molecule has 0 aliphatic carbocycles. The zero-order valence-corrected chi connectivity index (χ0v) is 11.1. The van der Waals surface area contributed by atoms with E-state index in [1.807, 2.05) is 0 Å². The largest absolute Gasteiger partial charge is 0.0991 e. The highest BCUT2D eigenvalue weighted by molar-refractivity contribution is 6.68. The second-order valence-corrected chi connectivity index (χ2v) is 5.99. The first-order chi connectivity index (χ1) is 6.81. The van der Waals surface area contributed by atoms with E-state index in [4.69, 9.17) is 0 Å². The molecule has 0 saturated carbocycles. The molecule has 0 aromatic carbocycles. The molecular formula is C13H25Si. The van der Waals surface area contributed by atoms with Crippen molar-refractivity contribution < 1.29 is 0 Å². The number of hydrogen-bond donors (Lipinski definition) is 0. The van der Waals surface area contributed by atoms with Gasteiger partial charge in [-0.25, -0.2) is 0 Å². The van der Waals surface area contributed by atoms with Gasteiger partial charge in [-0.3, -0.25) is 0 Å². The van der Waals surface area contributed by atoms with Crippen molar-refractivity contribution in [2.24, 2.45) is 0 Å². The highest BCUT2D eigenvalue weighted by Gasteiger charge is 1.91. The molecule has 0 aromatic rings. The van der Waals surface area contributed by atoms with Gasteiger partial charge in [0, 0.05) is 0 Å². The Morgan fingerprint density at radius 2 is 1.29 bits per heavy atom. The summed E-state index contributed by atoms with van der Waals surface area (Å²) in [7, 11) is -0.312. The molecule has 0 aromatic heterocycles. The van der Waals surface area contributed by atoms with E-state index in [-0.39, 0.29) is 8.80 Å². The first kappa shape index (κ1) is 13.7. The minimum absolute atomic E-state index is 0.312. The summed E-state index contributed by atoms with van der Waals surface area (Å²) in [6.45, 7) is 6.85. The third-order valence-electron chi connectivity index (χ3n) is 2.21. The van der Waals surface area contributed by atoms with Gasteiger partial charge >= 0.3 is 0 Å². The lowest BCUT2D eigenvalue weighted by atomic mass is 10.2. The van der Waals surface area contributed by atoms with Crippen molar-refractivity contribution in [3.05, 3.63) is 23.6 Å². The number of allylic oxidation sites excluding steroid dienone is 2. The molecule has 0 aliphatic heterocycles. The molecule has 0 spiro atoms. The van der Waals surface area contributed by atoms with Gasteiger partial charge in [0.1, 0.15) is 0 Å². The Bertz CT molecular complexity index is 141. The molecule has 0 nitrogen and oxygen atoms in total. The zero-order chi connectivity index (χ0) is 10.6. The number of rotatable bonds is 8. The summed E-state index contributed by atoms with van der Waals surface area (Å²) in [5.41, 5.74) is 4.84. The maximum absolute atomic E-state index is 2.42. The molecule has 0 fully saturated rings. The van der Waals surface area contributed by atoms with Crippen LogP contribution < -0.4 is 0 Å². The van der Waals surface area contributed by atoms with E-state index in [2.05, 4.69) is 43.9 Å². The zero-order valence-electron chi connectivity index (χ0n) is 10.1. The molecule has 14 heavy (non-hydrogen) atoms. The first-order valence-electron chi connectivity index (χ1n) is 5.97. The standard InChI is InChI=1S/C13H25Si/c1-4-6-8-10-12-14(3)13-11-9-7-5-2/h10-13H,4-9H2,1-3H3. The van der Waals surface area contributed by atoms with E-state index < -0.39 is 0 Å².